The summed E-state index contributed by atoms with van der Waals surface area (Å²) in [6.07, 6.45) is 71.1. The zero-order chi connectivity index (χ0) is 47.2. The predicted octanol–water partition coefficient (Wildman–Crippen LogP) is 17.5. The minimum atomic E-state index is -0.794. The molecule has 0 spiro atoms. The lowest BCUT2D eigenvalue weighted by molar-refractivity contribution is -0.167. The van der Waals surface area contributed by atoms with Crippen LogP contribution in [0.5, 0.6) is 0 Å². The van der Waals surface area contributed by atoms with E-state index >= 15 is 0 Å². The maximum Gasteiger partial charge on any atom is 0.306 e. The third kappa shape index (κ3) is 50.9. The van der Waals surface area contributed by atoms with Crippen LogP contribution in [-0.2, 0) is 28.6 Å². The molecule has 0 aliphatic heterocycles. The number of carbonyl (C=O) groups excluding carboxylic acids is 3. The Bertz CT molecular complexity index is 1360. The van der Waals surface area contributed by atoms with Gasteiger partial charge in [0, 0.05) is 19.3 Å². The van der Waals surface area contributed by atoms with E-state index in [0.717, 1.165) is 135 Å². The van der Waals surface area contributed by atoms with Gasteiger partial charge in [-0.1, -0.05) is 207 Å². The van der Waals surface area contributed by atoms with E-state index in [-0.39, 0.29) is 31.1 Å². The Morgan fingerprint density at radius 1 is 0.323 bits per heavy atom. The van der Waals surface area contributed by atoms with Crippen LogP contribution in [-0.4, -0.2) is 37.2 Å². The van der Waals surface area contributed by atoms with Crippen molar-refractivity contribution in [3.8, 4) is 0 Å². The monoisotopic (exact) mass is 901 g/mol. The van der Waals surface area contributed by atoms with Crippen molar-refractivity contribution >= 4 is 17.9 Å². The lowest BCUT2D eigenvalue weighted by atomic mass is 10.1. The molecule has 0 fully saturated rings. The predicted molar refractivity (Wildman–Crippen MR) is 279 cm³/mol. The highest BCUT2D eigenvalue weighted by atomic mass is 16.6. The van der Waals surface area contributed by atoms with Crippen LogP contribution in [0.25, 0.3) is 0 Å². The number of ether oxygens (including phenoxy) is 3. The van der Waals surface area contributed by atoms with Gasteiger partial charge in [-0.25, -0.2) is 0 Å². The molecular formula is C59H96O6. The smallest absolute Gasteiger partial charge is 0.306 e. The molecule has 0 saturated carbocycles. The minimum Gasteiger partial charge on any atom is -0.462 e. The number of hydrogen-bond donors (Lipinski definition) is 0. The van der Waals surface area contributed by atoms with E-state index in [2.05, 4.69) is 130 Å². The summed E-state index contributed by atoms with van der Waals surface area (Å²) in [5.41, 5.74) is 0. The maximum atomic E-state index is 12.7. The molecule has 0 N–H and O–H groups in total. The molecular weight excluding hydrogens is 805 g/mol. The van der Waals surface area contributed by atoms with Gasteiger partial charge in [0.25, 0.3) is 0 Å². The van der Waals surface area contributed by atoms with Crippen molar-refractivity contribution in [2.75, 3.05) is 13.2 Å². The molecule has 0 aromatic heterocycles. The maximum absolute atomic E-state index is 12.7. The van der Waals surface area contributed by atoms with Gasteiger partial charge in [-0.15, -0.1) is 0 Å². The van der Waals surface area contributed by atoms with Crippen LogP contribution in [0.2, 0.25) is 0 Å². The number of hydrogen-bond acceptors (Lipinski definition) is 6. The highest BCUT2D eigenvalue weighted by molar-refractivity contribution is 5.71. The first kappa shape index (κ1) is 61.1. The molecule has 65 heavy (non-hydrogen) atoms. The Morgan fingerprint density at radius 3 is 0.985 bits per heavy atom. The fourth-order valence-corrected chi connectivity index (χ4v) is 6.80. The van der Waals surface area contributed by atoms with Crippen LogP contribution in [0.15, 0.2) is 109 Å². The zero-order valence-electron chi connectivity index (χ0n) is 42.0. The van der Waals surface area contributed by atoms with Crippen LogP contribution >= 0.6 is 0 Å². The summed E-state index contributed by atoms with van der Waals surface area (Å²) in [7, 11) is 0. The summed E-state index contributed by atoms with van der Waals surface area (Å²) in [5.74, 6) is -0.956. The summed E-state index contributed by atoms with van der Waals surface area (Å²) in [6, 6.07) is 0. The third-order valence-electron chi connectivity index (χ3n) is 10.8. The second-order valence-corrected chi connectivity index (χ2v) is 17.1. The molecule has 0 aromatic carbocycles. The quantitative estimate of drug-likeness (QED) is 0.0262. The van der Waals surface area contributed by atoms with E-state index in [4.69, 9.17) is 14.2 Å². The van der Waals surface area contributed by atoms with Crippen LogP contribution in [0, 0.1) is 0 Å². The van der Waals surface area contributed by atoms with Crippen LogP contribution in [0.4, 0.5) is 0 Å². The molecule has 0 amide bonds. The third-order valence-corrected chi connectivity index (χ3v) is 10.8. The number of esters is 3. The minimum absolute atomic E-state index is 0.0946. The first-order chi connectivity index (χ1) is 32.0. The molecule has 0 rings (SSSR count). The van der Waals surface area contributed by atoms with Crippen molar-refractivity contribution < 1.29 is 28.6 Å². The molecule has 6 nitrogen and oxygen atoms in total. The molecule has 0 aliphatic rings. The van der Waals surface area contributed by atoms with Crippen LogP contribution < -0.4 is 0 Å². The second-order valence-electron chi connectivity index (χ2n) is 17.1. The molecule has 0 saturated heterocycles. The molecule has 368 valence electrons. The Morgan fingerprint density at radius 2 is 0.600 bits per heavy atom. The van der Waals surface area contributed by atoms with Gasteiger partial charge in [0.15, 0.2) is 6.10 Å². The topological polar surface area (TPSA) is 78.9 Å². The number of rotatable bonds is 46. The van der Waals surface area contributed by atoms with E-state index in [9.17, 15) is 14.4 Å². The van der Waals surface area contributed by atoms with Crippen LogP contribution in [0.3, 0.4) is 0 Å². The Hall–Kier alpha value is -3.93. The van der Waals surface area contributed by atoms with Crippen LogP contribution in [0.1, 0.15) is 226 Å². The van der Waals surface area contributed by atoms with Gasteiger partial charge < -0.3 is 14.2 Å². The van der Waals surface area contributed by atoms with E-state index < -0.39 is 6.10 Å². The average Bonchev–Trinajstić information content (AvgIpc) is 3.30. The van der Waals surface area contributed by atoms with Gasteiger partial charge in [-0.3, -0.25) is 14.4 Å². The van der Waals surface area contributed by atoms with E-state index in [1.807, 2.05) is 0 Å². The average molecular weight is 901 g/mol. The molecule has 0 heterocycles. The first-order valence-corrected chi connectivity index (χ1v) is 26.4. The summed E-state index contributed by atoms with van der Waals surface area (Å²) in [5, 5.41) is 0. The molecule has 1 atom stereocenters. The fourth-order valence-electron chi connectivity index (χ4n) is 6.80. The summed E-state index contributed by atoms with van der Waals surface area (Å²) in [4.78, 5) is 37.7. The Balaban J connectivity index is 4.25. The van der Waals surface area contributed by atoms with Crippen molar-refractivity contribution in [1.29, 1.82) is 0 Å². The highest BCUT2D eigenvalue weighted by Gasteiger charge is 2.19. The number of allylic oxidation sites excluding steroid dienone is 18. The van der Waals surface area contributed by atoms with Gasteiger partial charge in [0.1, 0.15) is 13.2 Å². The zero-order valence-corrected chi connectivity index (χ0v) is 42.0. The first-order valence-electron chi connectivity index (χ1n) is 26.4. The summed E-state index contributed by atoms with van der Waals surface area (Å²) in [6.45, 7) is 6.36. The highest BCUT2D eigenvalue weighted by Crippen LogP contribution is 2.13. The molecule has 6 heteroatoms. The summed E-state index contributed by atoms with van der Waals surface area (Å²) >= 11 is 0. The number of carbonyl (C=O) groups is 3. The lowest BCUT2D eigenvalue weighted by Crippen LogP contribution is -2.30. The van der Waals surface area contributed by atoms with Crippen molar-refractivity contribution in [3.05, 3.63) is 109 Å². The van der Waals surface area contributed by atoms with Crippen molar-refractivity contribution in [2.45, 2.75) is 232 Å². The summed E-state index contributed by atoms with van der Waals surface area (Å²) < 4.78 is 16.6. The van der Waals surface area contributed by atoms with E-state index in [0.29, 0.717) is 19.3 Å². The van der Waals surface area contributed by atoms with Gasteiger partial charge in [-0.2, -0.15) is 0 Å². The van der Waals surface area contributed by atoms with Gasteiger partial charge >= 0.3 is 17.9 Å². The molecule has 0 bridgehead atoms. The van der Waals surface area contributed by atoms with Gasteiger partial charge in [0.2, 0.25) is 0 Å². The normalized spacial score (nSPS) is 13.0. The van der Waals surface area contributed by atoms with Gasteiger partial charge in [-0.05, 0) is 109 Å². The van der Waals surface area contributed by atoms with Gasteiger partial charge in [0.05, 0.1) is 0 Å². The Kier molecular flexibility index (Phi) is 49.5. The van der Waals surface area contributed by atoms with Crippen molar-refractivity contribution in [2.24, 2.45) is 0 Å². The molecule has 1 unspecified atom stereocenters. The second kappa shape index (κ2) is 52.7. The standard InChI is InChI=1S/C59H96O6/c1-4-7-10-13-15-17-19-21-23-25-26-27-28-29-30-31-32-34-35-37-39-41-43-46-49-52-58(61)64-55-56(54-63-57(60)51-48-45-12-9-6-3)65-59(62)53-50-47-44-42-40-38-36-33-24-22-20-18-16-14-11-8-5-2/h7,10,15-18,21-24,26-27,29-30,32,34,37,39,56H,4-6,8-9,11-14,19-20,25,28,31,33,35-36,38,40-55H2,1-3H3/b10-7-,17-15-,18-16-,23-21-,24-22-,27-26-,30-29-,34-32-,39-37-. The van der Waals surface area contributed by atoms with Crippen molar-refractivity contribution in [1.82, 2.24) is 0 Å². The number of unbranched alkanes of at least 4 members (excludes halogenated alkanes) is 17. The molecule has 0 aromatic rings. The lowest BCUT2D eigenvalue weighted by Gasteiger charge is -2.18. The SMILES string of the molecule is CC/C=C\C/C=C\C/C=C\C/C=C\C/C=C\C/C=C\C/C=C\CCCCCC(=O)OCC(COC(=O)CCCCCCC)OC(=O)CCCCCCCCC/C=C\C/C=C\CCCCC. The van der Waals surface area contributed by atoms with Crippen molar-refractivity contribution in [3.63, 3.8) is 0 Å². The fraction of sp³-hybridized carbons (Fsp3) is 0.644. The Labute approximate surface area is 400 Å². The molecule has 0 radical (unpaired) electrons. The van der Waals surface area contributed by atoms with E-state index in [1.165, 1.54) is 51.4 Å². The van der Waals surface area contributed by atoms with E-state index in [1.54, 1.807) is 0 Å². The molecule has 0 aliphatic carbocycles. The largest absolute Gasteiger partial charge is 0.462 e.